The third-order valence-corrected chi connectivity index (χ3v) is 3.30. The molecule has 0 aromatic heterocycles. The summed E-state index contributed by atoms with van der Waals surface area (Å²) in [5.74, 6) is -0.0926. The zero-order valence-electron chi connectivity index (χ0n) is 9.71. The number of hydrogen-bond donors (Lipinski definition) is 1. The van der Waals surface area contributed by atoms with Gasteiger partial charge in [0.1, 0.15) is 5.41 Å². The van der Waals surface area contributed by atoms with Gasteiger partial charge in [0.05, 0.1) is 6.07 Å². The molecular formula is C11H19N3O. The van der Waals surface area contributed by atoms with Crippen LogP contribution in [0.5, 0.6) is 0 Å². The fourth-order valence-corrected chi connectivity index (χ4v) is 1.51. The van der Waals surface area contributed by atoms with Crippen LogP contribution in [-0.2, 0) is 4.79 Å². The summed E-state index contributed by atoms with van der Waals surface area (Å²) in [5.41, 5.74) is -0.716. The van der Waals surface area contributed by atoms with Gasteiger partial charge in [-0.25, -0.2) is 0 Å². The van der Waals surface area contributed by atoms with Crippen LogP contribution in [0.1, 0.15) is 26.2 Å². The molecule has 0 aromatic carbocycles. The van der Waals surface area contributed by atoms with Crippen LogP contribution in [0, 0.1) is 16.7 Å². The van der Waals surface area contributed by atoms with Crippen molar-refractivity contribution in [2.45, 2.75) is 32.2 Å². The minimum atomic E-state index is -0.716. The number of amides is 1. The molecule has 1 N–H and O–H groups in total. The van der Waals surface area contributed by atoms with Gasteiger partial charge in [0.2, 0.25) is 5.91 Å². The number of likely N-dealkylation sites (N-methyl/N-ethyl adjacent to an activating group) is 1. The molecule has 0 bridgehead atoms. The average molecular weight is 209 g/mol. The monoisotopic (exact) mass is 209 g/mol. The van der Waals surface area contributed by atoms with E-state index >= 15 is 0 Å². The van der Waals surface area contributed by atoms with Crippen LogP contribution in [0.4, 0.5) is 0 Å². The summed E-state index contributed by atoms with van der Waals surface area (Å²) in [5, 5.41) is 11.8. The van der Waals surface area contributed by atoms with Crippen LogP contribution < -0.4 is 5.32 Å². The first-order chi connectivity index (χ1) is 7.02. The van der Waals surface area contributed by atoms with Crippen molar-refractivity contribution in [1.82, 2.24) is 10.2 Å². The Balaban J connectivity index is 2.40. The van der Waals surface area contributed by atoms with Crippen molar-refractivity contribution < 1.29 is 4.79 Å². The van der Waals surface area contributed by atoms with E-state index in [4.69, 9.17) is 5.26 Å². The molecule has 1 aliphatic carbocycles. The normalized spacial score (nSPS) is 20.2. The van der Waals surface area contributed by atoms with Gasteiger partial charge in [0, 0.05) is 12.6 Å². The van der Waals surface area contributed by atoms with Crippen molar-refractivity contribution in [1.29, 1.82) is 5.26 Å². The highest BCUT2D eigenvalue weighted by Crippen LogP contribution is 2.40. The fraction of sp³-hybridized carbons (Fsp3) is 0.818. The molecule has 0 saturated heterocycles. The first-order valence-corrected chi connectivity index (χ1v) is 5.38. The lowest BCUT2D eigenvalue weighted by atomic mass is 9.69. The van der Waals surface area contributed by atoms with Gasteiger partial charge in [-0.05, 0) is 40.3 Å². The van der Waals surface area contributed by atoms with Crippen LogP contribution in [-0.4, -0.2) is 37.5 Å². The van der Waals surface area contributed by atoms with Crippen molar-refractivity contribution >= 4 is 5.91 Å². The number of carbonyl (C=O) groups is 1. The average Bonchev–Trinajstić information content (AvgIpc) is 2.13. The summed E-state index contributed by atoms with van der Waals surface area (Å²) in [6, 6.07) is 2.44. The number of nitrogens with one attached hydrogen (secondary N) is 1. The molecule has 0 spiro atoms. The first kappa shape index (κ1) is 12.0. The van der Waals surface area contributed by atoms with E-state index in [0.29, 0.717) is 25.4 Å². The number of carbonyl (C=O) groups excluding carboxylic acids is 1. The molecule has 15 heavy (non-hydrogen) atoms. The molecule has 4 heteroatoms. The highest BCUT2D eigenvalue weighted by atomic mass is 16.2. The summed E-state index contributed by atoms with van der Waals surface area (Å²) in [6.07, 6.45) is 2.42. The highest BCUT2D eigenvalue weighted by Gasteiger charge is 2.44. The van der Waals surface area contributed by atoms with E-state index in [9.17, 15) is 4.79 Å². The van der Waals surface area contributed by atoms with Crippen LogP contribution in [0.3, 0.4) is 0 Å². The molecule has 1 atom stereocenters. The number of hydrogen-bond acceptors (Lipinski definition) is 3. The maximum Gasteiger partial charge on any atom is 0.240 e. The molecule has 4 nitrogen and oxygen atoms in total. The van der Waals surface area contributed by atoms with E-state index in [1.54, 1.807) is 0 Å². The lowest BCUT2D eigenvalue weighted by Crippen LogP contribution is -2.48. The Hall–Kier alpha value is -1.08. The van der Waals surface area contributed by atoms with E-state index in [1.807, 2.05) is 25.9 Å². The van der Waals surface area contributed by atoms with Crippen molar-refractivity contribution in [3.05, 3.63) is 0 Å². The Labute approximate surface area is 91.2 Å². The van der Waals surface area contributed by atoms with Crippen molar-refractivity contribution in [3.8, 4) is 6.07 Å². The summed E-state index contributed by atoms with van der Waals surface area (Å²) >= 11 is 0. The molecule has 1 saturated carbocycles. The topological polar surface area (TPSA) is 56.1 Å². The van der Waals surface area contributed by atoms with Crippen LogP contribution >= 0.6 is 0 Å². The zero-order valence-corrected chi connectivity index (χ0v) is 9.71. The molecule has 1 fully saturated rings. The van der Waals surface area contributed by atoms with Crippen LogP contribution in [0.15, 0.2) is 0 Å². The molecular weight excluding hydrogens is 190 g/mol. The third kappa shape index (κ3) is 2.48. The lowest BCUT2D eigenvalue weighted by Gasteiger charge is -2.34. The minimum Gasteiger partial charge on any atom is -0.353 e. The van der Waals surface area contributed by atoms with Gasteiger partial charge in [0.15, 0.2) is 0 Å². The smallest absolute Gasteiger partial charge is 0.240 e. The zero-order chi connectivity index (χ0) is 11.5. The first-order valence-electron chi connectivity index (χ1n) is 5.38. The molecule has 0 aromatic rings. The summed E-state index contributed by atoms with van der Waals surface area (Å²) in [7, 11) is 3.94. The van der Waals surface area contributed by atoms with Crippen molar-refractivity contribution in [2.75, 3.05) is 20.6 Å². The van der Waals surface area contributed by atoms with Gasteiger partial charge in [-0.3, -0.25) is 4.79 Å². The molecule has 84 valence electrons. The van der Waals surface area contributed by atoms with Gasteiger partial charge >= 0.3 is 0 Å². The Bertz CT molecular complexity index is 276. The van der Waals surface area contributed by atoms with E-state index in [0.717, 1.165) is 6.42 Å². The van der Waals surface area contributed by atoms with Crippen LogP contribution in [0.25, 0.3) is 0 Å². The summed E-state index contributed by atoms with van der Waals surface area (Å²) in [4.78, 5) is 13.8. The standard InChI is InChI=1S/C11H19N3O/c1-9(14(2)3)7-13-10(15)11(8-12)5-4-6-11/h9H,4-7H2,1-3H3,(H,13,15). The predicted octanol–water partition coefficient (Wildman–Crippen LogP) is 0.747. The second-order valence-corrected chi connectivity index (χ2v) is 4.57. The van der Waals surface area contributed by atoms with Gasteiger partial charge in [-0.2, -0.15) is 5.26 Å². The largest absolute Gasteiger partial charge is 0.353 e. The SMILES string of the molecule is CC(CNC(=O)C1(C#N)CCC1)N(C)C. The van der Waals surface area contributed by atoms with Crippen LogP contribution in [0.2, 0.25) is 0 Å². The van der Waals surface area contributed by atoms with E-state index in [-0.39, 0.29) is 5.91 Å². The second-order valence-electron chi connectivity index (χ2n) is 4.57. The van der Waals surface area contributed by atoms with Gasteiger partial charge in [-0.1, -0.05) is 0 Å². The van der Waals surface area contributed by atoms with E-state index in [1.165, 1.54) is 0 Å². The number of nitriles is 1. The third-order valence-electron chi connectivity index (χ3n) is 3.30. The van der Waals surface area contributed by atoms with Crippen molar-refractivity contribution in [3.63, 3.8) is 0 Å². The molecule has 1 unspecified atom stereocenters. The highest BCUT2D eigenvalue weighted by molar-refractivity contribution is 5.86. The quantitative estimate of drug-likeness (QED) is 0.743. The molecule has 1 aliphatic rings. The molecule has 1 amide bonds. The second kappa shape index (κ2) is 4.63. The number of nitrogens with zero attached hydrogens (tertiary/aromatic N) is 2. The predicted molar refractivity (Wildman–Crippen MR) is 58.1 cm³/mol. The molecule has 1 rings (SSSR count). The molecule has 0 heterocycles. The minimum absolute atomic E-state index is 0.0926. The Morgan fingerprint density at radius 3 is 2.53 bits per heavy atom. The summed E-state index contributed by atoms with van der Waals surface area (Å²) < 4.78 is 0. The fourth-order valence-electron chi connectivity index (χ4n) is 1.51. The van der Waals surface area contributed by atoms with E-state index < -0.39 is 5.41 Å². The Morgan fingerprint density at radius 2 is 2.20 bits per heavy atom. The maximum atomic E-state index is 11.8. The van der Waals surface area contributed by atoms with Gasteiger partial charge in [-0.15, -0.1) is 0 Å². The summed E-state index contributed by atoms with van der Waals surface area (Å²) in [6.45, 7) is 2.65. The lowest BCUT2D eigenvalue weighted by molar-refractivity contribution is -0.131. The number of rotatable bonds is 4. The Morgan fingerprint density at radius 1 is 1.60 bits per heavy atom. The van der Waals surface area contributed by atoms with Crippen molar-refractivity contribution in [2.24, 2.45) is 5.41 Å². The van der Waals surface area contributed by atoms with Gasteiger partial charge in [0.25, 0.3) is 0 Å². The Kier molecular flexibility index (Phi) is 3.70. The van der Waals surface area contributed by atoms with E-state index in [2.05, 4.69) is 11.4 Å². The van der Waals surface area contributed by atoms with Gasteiger partial charge < -0.3 is 10.2 Å². The molecule has 0 aliphatic heterocycles. The molecule has 0 radical (unpaired) electrons. The maximum absolute atomic E-state index is 11.8.